The second kappa shape index (κ2) is 4.41. The van der Waals surface area contributed by atoms with E-state index in [4.69, 9.17) is 0 Å². The van der Waals surface area contributed by atoms with Crippen LogP contribution in [0.15, 0.2) is 36.5 Å². The Balaban J connectivity index is 2.49. The molecule has 0 bridgehead atoms. The Morgan fingerprint density at radius 1 is 1.31 bits per heavy atom. The van der Waals surface area contributed by atoms with E-state index in [2.05, 4.69) is 4.98 Å². The number of aromatic nitrogens is 1. The topological polar surface area (TPSA) is 33.2 Å². The van der Waals surface area contributed by atoms with Crippen LogP contribution in [-0.4, -0.2) is 30.3 Å². The summed E-state index contributed by atoms with van der Waals surface area (Å²) in [5.74, 6) is 0. The Bertz CT molecular complexity index is 508. The third-order valence-electron chi connectivity index (χ3n) is 2.56. The average molecular weight is 213 g/mol. The number of fused-ring (bicyclic) bond motifs is 1. The maximum absolute atomic E-state index is 10.9. The molecule has 1 unspecified atom stereocenters. The molecule has 0 fully saturated rings. The smallest absolute Gasteiger partial charge is 0.222 e. The van der Waals surface area contributed by atoms with Crippen LogP contribution in [0.5, 0.6) is 0 Å². The molecular weight excluding hydrogens is 200 g/mol. The van der Waals surface area contributed by atoms with Gasteiger partial charge in [-0.15, -0.1) is 0 Å². The number of likely N-dealkylation sites (N-methyl/N-ethyl adjacent to an activating group) is 1. The summed E-state index contributed by atoms with van der Waals surface area (Å²) in [6.45, 7) is 0. The van der Waals surface area contributed by atoms with Gasteiger partial charge >= 0.3 is 0 Å². The first-order valence-corrected chi connectivity index (χ1v) is 5.11. The third-order valence-corrected chi connectivity index (χ3v) is 2.56. The maximum atomic E-state index is 10.9. The highest BCUT2D eigenvalue weighted by molar-refractivity contribution is 5.79. The third kappa shape index (κ3) is 1.95. The number of benzene rings is 1. The molecule has 0 spiro atoms. The van der Waals surface area contributed by atoms with Gasteiger partial charge in [-0.3, -0.25) is 14.7 Å². The van der Waals surface area contributed by atoms with Crippen LogP contribution in [-0.2, 0) is 4.79 Å². The van der Waals surface area contributed by atoms with Crippen LogP contribution in [0.25, 0.3) is 10.9 Å². The fraction of sp³-hybridized carbons (Fsp3) is 0.231. The van der Waals surface area contributed by atoms with Crippen LogP contribution >= 0.6 is 0 Å². The van der Waals surface area contributed by atoms with Crippen LogP contribution < -0.4 is 0 Å². The van der Waals surface area contributed by atoms with Gasteiger partial charge in [-0.25, -0.2) is 0 Å². The molecule has 2 aromatic rings. The largest absolute Gasteiger partial charge is 0.296 e. The number of carbonyl (C=O) groups excluding carboxylic acids is 1. The van der Waals surface area contributed by atoms with Gasteiger partial charge in [-0.1, -0.05) is 18.2 Å². The molecule has 1 radical (unpaired) electrons. The molecule has 0 aliphatic rings. The summed E-state index contributed by atoms with van der Waals surface area (Å²) in [6, 6.07) is 9.49. The van der Waals surface area contributed by atoms with Crippen molar-refractivity contribution in [1.29, 1.82) is 0 Å². The Kier molecular flexibility index (Phi) is 2.97. The zero-order chi connectivity index (χ0) is 11.5. The molecule has 3 heteroatoms. The minimum absolute atomic E-state index is 0.350. The summed E-state index contributed by atoms with van der Waals surface area (Å²) in [5.41, 5.74) is 1.81. The second-order valence-electron chi connectivity index (χ2n) is 3.95. The SMILES string of the molecule is CN(C)C([C]=O)c1cnc2ccccc2c1. The van der Waals surface area contributed by atoms with E-state index in [1.165, 1.54) is 0 Å². The molecule has 1 aromatic heterocycles. The monoisotopic (exact) mass is 213 g/mol. The summed E-state index contributed by atoms with van der Waals surface area (Å²) in [5, 5.41) is 1.04. The van der Waals surface area contributed by atoms with Gasteiger partial charge in [0.1, 0.15) is 6.04 Å². The van der Waals surface area contributed by atoms with E-state index >= 15 is 0 Å². The molecule has 0 amide bonds. The molecule has 16 heavy (non-hydrogen) atoms. The van der Waals surface area contributed by atoms with Crippen LogP contribution in [0, 0.1) is 0 Å². The molecule has 0 saturated carbocycles. The van der Waals surface area contributed by atoms with E-state index < -0.39 is 0 Å². The molecule has 3 nitrogen and oxygen atoms in total. The highest BCUT2D eigenvalue weighted by Crippen LogP contribution is 2.19. The van der Waals surface area contributed by atoms with Gasteiger partial charge in [-0.05, 0) is 31.8 Å². The van der Waals surface area contributed by atoms with Crippen LogP contribution in [0.4, 0.5) is 0 Å². The summed E-state index contributed by atoms with van der Waals surface area (Å²) in [6.07, 6.45) is 3.75. The Labute approximate surface area is 94.7 Å². The predicted molar refractivity (Wildman–Crippen MR) is 63.9 cm³/mol. The molecule has 81 valence electrons. The van der Waals surface area contributed by atoms with Crippen molar-refractivity contribution in [3.63, 3.8) is 0 Å². The standard InChI is InChI=1S/C13H13N2O/c1-15(2)13(9-16)11-7-10-5-3-4-6-12(10)14-8-11/h3-8,13H,1-2H3. The number of hydrogen-bond acceptors (Lipinski definition) is 3. The highest BCUT2D eigenvalue weighted by Gasteiger charge is 2.14. The van der Waals surface area contributed by atoms with Gasteiger partial charge in [0.05, 0.1) is 5.52 Å². The van der Waals surface area contributed by atoms with Crippen molar-refractivity contribution in [2.45, 2.75) is 6.04 Å². The van der Waals surface area contributed by atoms with E-state index in [1.807, 2.05) is 55.6 Å². The normalized spacial score (nSPS) is 12.9. The lowest BCUT2D eigenvalue weighted by Gasteiger charge is -2.17. The van der Waals surface area contributed by atoms with E-state index in [1.54, 1.807) is 6.20 Å². The predicted octanol–water partition coefficient (Wildman–Crippen LogP) is 1.95. The van der Waals surface area contributed by atoms with Gasteiger partial charge < -0.3 is 0 Å². The zero-order valence-electron chi connectivity index (χ0n) is 9.34. The van der Waals surface area contributed by atoms with Gasteiger partial charge in [0, 0.05) is 11.6 Å². The number of para-hydroxylation sites is 1. The fourth-order valence-corrected chi connectivity index (χ4v) is 1.71. The number of nitrogens with zero attached hydrogens (tertiary/aromatic N) is 2. The van der Waals surface area contributed by atoms with E-state index in [0.717, 1.165) is 16.5 Å². The molecule has 0 aliphatic carbocycles. The summed E-state index contributed by atoms with van der Waals surface area (Å²) < 4.78 is 0. The van der Waals surface area contributed by atoms with Crippen molar-refractivity contribution >= 4 is 17.2 Å². The highest BCUT2D eigenvalue weighted by atomic mass is 16.1. The zero-order valence-corrected chi connectivity index (χ0v) is 9.34. The quantitative estimate of drug-likeness (QED) is 0.781. The molecule has 0 saturated heterocycles. The minimum atomic E-state index is -0.350. The van der Waals surface area contributed by atoms with E-state index in [9.17, 15) is 4.79 Å². The lowest BCUT2D eigenvalue weighted by atomic mass is 10.1. The van der Waals surface area contributed by atoms with Crippen molar-refractivity contribution in [2.24, 2.45) is 0 Å². The van der Waals surface area contributed by atoms with E-state index in [0.29, 0.717) is 0 Å². The molecule has 2 rings (SSSR count). The van der Waals surface area contributed by atoms with Crippen molar-refractivity contribution in [2.75, 3.05) is 14.1 Å². The molecule has 1 aromatic carbocycles. The van der Waals surface area contributed by atoms with Crippen molar-refractivity contribution in [3.8, 4) is 0 Å². The van der Waals surface area contributed by atoms with E-state index in [-0.39, 0.29) is 6.04 Å². The molecule has 0 aliphatic heterocycles. The number of rotatable bonds is 3. The lowest BCUT2D eigenvalue weighted by molar-refractivity contribution is 0.355. The van der Waals surface area contributed by atoms with Crippen LogP contribution in [0.2, 0.25) is 0 Å². The molecule has 1 atom stereocenters. The van der Waals surface area contributed by atoms with Crippen LogP contribution in [0.1, 0.15) is 11.6 Å². The molecule has 1 heterocycles. The first kappa shape index (κ1) is 10.8. The summed E-state index contributed by atoms with van der Waals surface area (Å²) in [4.78, 5) is 17.0. The Morgan fingerprint density at radius 2 is 2.06 bits per heavy atom. The maximum Gasteiger partial charge on any atom is 0.222 e. The lowest BCUT2D eigenvalue weighted by Crippen LogP contribution is -2.21. The Morgan fingerprint density at radius 3 is 2.75 bits per heavy atom. The number of pyridine rings is 1. The molecule has 0 N–H and O–H groups in total. The Hall–Kier alpha value is -1.74. The van der Waals surface area contributed by atoms with Gasteiger partial charge in [-0.2, -0.15) is 0 Å². The van der Waals surface area contributed by atoms with Gasteiger partial charge in [0.2, 0.25) is 6.29 Å². The van der Waals surface area contributed by atoms with Gasteiger partial charge in [0.15, 0.2) is 0 Å². The first-order chi connectivity index (χ1) is 7.72. The first-order valence-electron chi connectivity index (χ1n) is 5.11. The summed E-state index contributed by atoms with van der Waals surface area (Å²) in [7, 11) is 3.70. The number of hydrogen-bond donors (Lipinski definition) is 0. The fourth-order valence-electron chi connectivity index (χ4n) is 1.71. The average Bonchev–Trinajstić information content (AvgIpc) is 2.29. The molecular formula is C13H13N2O. The second-order valence-corrected chi connectivity index (χ2v) is 3.95. The van der Waals surface area contributed by atoms with Crippen molar-refractivity contribution in [3.05, 3.63) is 42.1 Å². The summed E-state index contributed by atoms with van der Waals surface area (Å²) >= 11 is 0. The van der Waals surface area contributed by atoms with Crippen LogP contribution in [0.3, 0.4) is 0 Å². The minimum Gasteiger partial charge on any atom is -0.296 e. The van der Waals surface area contributed by atoms with Crippen molar-refractivity contribution in [1.82, 2.24) is 9.88 Å². The van der Waals surface area contributed by atoms with Crippen molar-refractivity contribution < 1.29 is 4.79 Å². The van der Waals surface area contributed by atoms with Gasteiger partial charge in [0.25, 0.3) is 0 Å².